The predicted octanol–water partition coefficient (Wildman–Crippen LogP) is 3.19. The van der Waals surface area contributed by atoms with E-state index in [0.29, 0.717) is 25.9 Å². The maximum Gasteiger partial charge on any atom is 0.227 e. The van der Waals surface area contributed by atoms with Gasteiger partial charge in [0.1, 0.15) is 0 Å². The topological polar surface area (TPSA) is 40.6 Å². The first-order chi connectivity index (χ1) is 12.1. The number of carbonyl (C=O) groups is 2. The Bertz CT molecular complexity index is 771. The highest BCUT2D eigenvalue weighted by Gasteiger charge is 2.21. The number of amides is 2. The van der Waals surface area contributed by atoms with Crippen LogP contribution in [0.15, 0.2) is 48.5 Å². The second-order valence-corrected chi connectivity index (χ2v) is 6.49. The lowest BCUT2D eigenvalue weighted by Gasteiger charge is -2.26. The average Bonchev–Trinajstić information content (AvgIpc) is 2.63. The van der Waals surface area contributed by atoms with E-state index in [-0.39, 0.29) is 11.8 Å². The first-order valence-electron chi connectivity index (χ1n) is 8.78. The zero-order chi connectivity index (χ0) is 17.8. The lowest BCUT2D eigenvalue weighted by molar-refractivity contribution is -0.130. The van der Waals surface area contributed by atoms with Crippen molar-refractivity contribution >= 4 is 17.5 Å². The van der Waals surface area contributed by atoms with Gasteiger partial charge >= 0.3 is 0 Å². The molecule has 1 aliphatic heterocycles. The number of anilines is 1. The quantitative estimate of drug-likeness (QED) is 0.841. The van der Waals surface area contributed by atoms with Crippen molar-refractivity contribution in [2.75, 3.05) is 18.5 Å². The van der Waals surface area contributed by atoms with Crippen molar-refractivity contribution < 1.29 is 9.59 Å². The number of hydrogen-bond donors (Lipinski definition) is 0. The number of nitrogens with zero attached hydrogens (tertiary/aromatic N) is 2. The zero-order valence-electron chi connectivity index (χ0n) is 14.9. The van der Waals surface area contributed by atoms with Crippen LogP contribution in [0.3, 0.4) is 0 Å². The minimum absolute atomic E-state index is 0.131. The molecule has 0 aliphatic carbocycles. The number of rotatable bonds is 5. The molecule has 2 aromatic carbocycles. The molecule has 0 fully saturated rings. The van der Waals surface area contributed by atoms with Crippen LogP contribution in [0.1, 0.15) is 30.0 Å². The Labute approximate surface area is 149 Å². The second-order valence-electron chi connectivity index (χ2n) is 6.49. The molecular formula is C21H24N2O2. The minimum Gasteiger partial charge on any atom is -0.338 e. The average molecular weight is 336 g/mol. The summed E-state index contributed by atoms with van der Waals surface area (Å²) in [6.45, 7) is 3.34. The third-order valence-corrected chi connectivity index (χ3v) is 4.79. The van der Waals surface area contributed by atoms with E-state index in [2.05, 4.69) is 6.07 Å². The molecule has 1 aliphatic rings. The van der Waals surface area contributed by atoms with Gasteiger partial charge < -0.3 is 9.80 Å². The van der Waals surface area contributed by atoms with E-state index < -0.39 is 0 Å². The van der Waals surface area contributed by atoms with Crippen LogP contribution >= 0.6 is 0 Å². The number of hydrogen-bond acceptors (Lipinski definition) is 2. The van der Waals surface area contributed by atoms with Gasteiger partial charge in [0.2, 0.25) is 11.8 Å². The highest BCUT2D eigenvalue weighted by Crippen LogP contribution is 2.27. The van der Waals surface area contributed by atoms with Crippen molar-refractivity contribution in [2.24, 2.45) is 0 Å². The summed E-state index contributed by atoms with van der Waals surface area (Å²) in [4.78, 5) is 28.1. The van der Waals surface area contributed by atoms with Crippen LogP contribution in [0.2, 0.25) is 0 Å². The summed E-state index contributed by atoms with van der Waals surface area (Å²) in [5.41, 5.74) is 4.27. The molecule has 1 heterocycles. The van der Waals surface area contributed by atoms with E-state index >= 15 is 0 Å². The lowest BCUT2D eigenvalue weighted by atomic mass is 9.98. The van der Waals surface area contributed by atoms with Crippen LogP contribution in [-0.2, 0) is 29.0 Å². The molecule has 2 amide bonds. The van der Waals surface area contributed by atoms with Crippen LogP contribution in [0, 0.1) is 0 Å². The molecule has 25 heavy (non-hydrogen) atoms. The first kappa shape index (κ1) is 17.2. The summed E-state index contributed by atoms with van der Waals surface area (Å²) in [6, 6.07) is 16.1. The Morgan fingerprint density at radius 1 is 1.08 bits per heavy atom. The van der Waals surface area contributed by atoms with Gasteiger partial charge in [-0.2, -0.15) is 0 Å². The van der Waals surface area contributed by atoms with Crippen LogP contribution in [-0.4, -0.2) is 30.3 Å². The minimum atomic E-state index is 0.131. The van der Waals surface area contributed by atoms with Crippen LogP contribution in [0.4, 0.5) is 5.69 Å². The van der Waals surface area contributed by atoms with Gasteiger partial charge in [-0.25, -0.2) is 0 Å². The molecule has 130 valence electrons. The van der Waals surface area contributed by atoms with E-state index in [1.54, 1.807) is 4.90 Å². The van der Waals surface area contributed by atoms with Crippen molar-refractivity contribution in [3.63, 3.8) is 0 Å². The Hall–Kier alpha value is -2.62. The molecule has 0 aromatic heterocycles. The number of benzene rings is 2. The first-order valence-corrected chi connectivity index (χ1v) is 8.78. The number of fused-ring (bicyclic) bond motifs is 1. The summed E-state index contributed by atoms with van der Waals surface area (Å²) in [5.74, 6) is 0.280. The summed E-state index contributed by atoms with van der Waals surface area (Å²) < 4.78 is 0. The van der Waals surface area contributed by atoms with Crippen molar-refractivity contribution in [3.8, 4) is 0 Å². The molecular weight excluding hydrogens is 312 g/mol. The van der Waals surface area contributed by atoms with Gasteiger partial charge in [0.15, 0.2) is 0 Å². The fourth-order valence-electron chi connectivity index (χ4n) is 3.29. The van der Waals surface area contributed by atoms with Gasteiger partial charge in [-0.15, -0.1) is 0 Å². The highest BCUT2D eigenvalue weighted by molar-refractivity contribution is 5.96. The smallest absolute Gasteiger partial charge is 0.227 e. The van der Waals surface area contributed by atoms with Crippen molar-refractivity contribution in [2.45, 2.75) is 32.7 Å². The fourth-order valence-corrected chi connectivity index (χ4v) is 3.29. The molecule has 4 nitrogen and oxygen atoms in total. The van der Waals surface area contributed by atoms with E-state index in [4.69, 9.17) is 0 Å². The van der Waals surface area contributed by atoms with Crippen molar-refractivity contribution in [1.29, 1.82) is 0 Å². The molecule has 0 atom stereocenters. The standard InChI is InChI=1S/C21H24N2O2/c1-3-23(15-16-7-5-4-6-8-16)21(25)14-17-9-11-19-18(13-17)10-12-20(24)22(19)2/h4-9,11,13H,3,10,12,14-15H2,1-2H3. The third kappa shape index (κ3) is 3.90. The normalized spacial score (nSPS) is 13.5. The maximum atomic E-state index is 12.7. The van der Waals surface area contributed by atoms with Gasteiger partial charge in [-0.3, -0.25) is 9.59 Å². The van der Waals surface area contributed by atoms with E-state index in [0.717, 1.165) is 28.8 Å². The molecule has 4 heteroatoms. The molecule has 2 aromatic rings. The van der Waals surface area contributed by atoms with Gasteiger partial charge in [0.25, 0.3) is 0 Å². The summed E-state index contributed by atoms with van der Waals surface area (Å²) in [6.07, 6.45) is 1.68. The number of likely N-dealkylation sites (N-methyl/N-ethyl adjacent to an activating group) is 1. The second kappa shape index (κ2) is 7.51. The third-order valence-electron chi connectivity index (χ3n) is 4.79. The van der Waals surface area contributed by atoms with Gasteiger partial charge in [-0.1, -0.05) is 42.5 Å². The SMILES string of the molecule is CCN(Cc1ccccc1)C(=O)Cc1ccc2c(c1)CCC(=O)N2C. The molecule has 0 unspecified atom stereocenters. The summed E-state index contributed by atoms with van der Waals surface area (Å²) >= 11 is 0. The molecule has 0 spiro atoms. The molecule has 0 saturated carbocycles. The predicted molar refractivity (Wildman–Crippen MR) is 99.4 cm³/mol. The monoisotopic (exact) mass is 336 g/mol. The maximum absolute atomic E-state index is 12.7. The largest absolute Gasteiger partial charge is 0.338 e. The fraction of sp³-hybridized carbons (Fsp3) is 0.333. The van der Waals surface area contributed by atoms with E-state index in [1.807, 2.05) is 61.3 Å². The van der Waals surface area contributed by atoms with Gasteiger partial charge in [0.05, 0.1) is 6.42 Å². The summed E-state index contributed by atoms with van der Waals surface area (Å²) in [7, 11) is 1.81. The van der Waals surface area contributed by atoms with Gasteiger partial charge in [-0.05, 0) is 36.1 Å². The molecule has 3 rings (SSSR count). The summed E-state index contributed by atoms with van der Waals surface area (Å²) in [5, 5.41) is 0. The molecule has 0 radical (unpaired) electrons. The Morgan fingerprint density at radius 3 is 2.56 bits per heavy atom. The highest BCUT2D eigenvalue weighted by atomic mass is 16.2. The Balaban J connectivity index is 1.71. The molecule has 0 bridgehead atoms. The lowest BCUT2D eigenvalue weighted by Crippen LogP contribution is -2.32. The number of aryl methyl sites for hydroxylation is 1. The van der Waals surface area contributed by atoms with Gasteiger partial charge in [0, 0.05) is 32.2 Å². The van der Waals surface area contributed by atoms with E-state index in [1.165, 1.54) is 0 Å². The van der Waals surface area contributed by atoms with E-state index in [9.17, 15) is 9.59 Å². The van der Waals surface area contributed by atoms with Crippen LogP contribution in [0.25, 0.3) is 0 Å². The van der Waals surface area contributed by atoms with Crippen LogP contribution in [0.5, 0.6) is 0 Å². The van der Waals surface area contributed by atoms with Crippen molar-refractivity contribution in [1.82, 2.24) is 4.90 Å². The Kier molecular flexibility index (Phi) is 5.17. The Morgan fingerprint density at radius 2 is 1.84 bits per heavy atom. The van der Waals surface area contributed by atoms with Crippen molar-refractivity contribution in [3.05, 3.63) is 65.2 Å². The number of carbonyl (C=O) groups excluding carboxylic acids is 2. The molecule has 0 saturated heterocycles. The molecule has 0 N–H and O–H groups in total. The zero-order valence-corrected chi connectivity index (χ0v) is 14.9. The van der Waals surface area contributed by atoms with Crippen LogP contribution < -0.4 is 4.90 Å².